The molecule has 1 unspecified atom stereocenters. The Kier molecular flexibility index (Phi) is 2.65. The maximum Gasteiger partial charge on any atom is 0.250 e. The molecule has 58 valence electrons. The highest BCUT2D eigenvalue weighted by molar-refractivity contribution is 5.80. The predicted molar refractivity (Wildman–Crippen MR) is 36.2 cm³/mol. The SMILES string of the molecule is NCNC(=O)C1CCCO1. The second-order valence-corrected chi connectivity index (χ2v) is 2.25. The van der Waals surface area contributed by atoms with Crippen LogP contribution in [0.5, 0.6) is 0 Å². The molecular weight excluding hydrogens is 132 g/mol. The first kappa shape index (κ1) is 7.50. The van der Waals surface area contributed by atoms with Gasteiger partial charge >= 0.3 is 0 Å². The quantitative estimate of drug-likeness (QED) is 0.498. The van der Waals surface area contributed by atoms with Gasteiger partial charge in [-0.05, 0) is 12.8 Å². The molecule has 0 spiro atoms. The van der Waals surface area contributed by atoms with E-state index in [1.165, 1.54) is 0 Å². The van der Waals surface area contributed by atoms with E-state index in [0.717, 1.165) is 12.8 Å². The first-order valence-electron chi connectivity index (χ1n) is 3.44. The van der Waals surface area contributed by atoms with Crippen molar-refractivity contribution in [2.45, 2.75) is 18.9 Å². The zero-order valence-corrected chi connectivity index (χ0v) is 5.80. The maximum absolute atomic E-state index is 10.9. The topological polar surface area (TPSA) is 64.3 Å². The molecule has 1 saturated heterocycles. The highest BCUT2D eigenvalue weighted by Crippen LogP contribution is 2.11. The molecule has 4 heteroatoms. The van der Waals surface area contributed by atoms with Crippen LogP contribution < -0.4 is 11.1 Å². The normalized spacial score (nSPS) is 24.7. The molecule has 3 N–H and O–H groups in total. The van der Waals surface area contributed by atoms with Crippen LogP contribution in [0.25, 0.3) is 0 Å². The third kappa shape index (κ3) is 1.68. The van der Waals surface area contributed by atoms with Crippen LogP contribution in [0.4, 0.5) is 0 Å². The fourth-order valence-electron chi connectivity index (χ4n) is 0.999. The van der Waals surface area contributed by atoms with Gasteiger partial charge in [-0.1, -0.05) is 0 Å². The molecule has 1 aliphatic heterocycles. The van der Waals surface area contributed by atoms with Crippen LogP contribution in [-0.2, 0) is 9.53 Å². The molecule has 0 aromatic carbocycles. The number of hydrogen-bond acceptors (Lipinski definition) is 3. The fourth-order valence-corrected chi connectivity index (χ4v) is 0.999. The number of rotatable bonds is 2. The minimum Gasteiger partial charge on any atom is -0.368 e. The molecule has 0 aromatic rings. The molecule has 1 rings (SSSR count). The summed E-state index contributed by atoms with van der Waals surface area (Å²) in [5.41, 5.74) is 5.11. The zero-order chi connectivity index (χ0) is 7.40. The average Bonchev–Trinajstić information content (AvgIpc) is 2.38. The Morgan fingerprint density at radius 2 is 2.60 bits per heavy atom. The molecule has 0 aromatic heterocycles. The molecule has 4 nitrogen and oxygen atoms in total. The van der Waals surface area contributed by atoms with Gasteiger partial charge in [0.05, 0.1) is 6.67 Å². The van der Waals surface area contributed by atoms with Gasteiger partial charge in [-0.3, -0.25) is 4.79 Å². The number of nitrogens with one attached hydrogen (secondary N) is 1. The average molecular weight is 144 g/mol. The van der Waals surface area contributed by atoms with Crippen molar-refractivity contribution < 1.29 is 9.53 Å². The molecule has 1 aliphatic rings. The van der Waals surface area contributed by atoms with Crippen molar-refractivity contribution in [2.75, 3.05) is 13.3 Å². The van der Waals surface area contributed by atoms with Crippen molar-refractivity contribution in [3.05, 3.63) is 0 Å². The summed E-state index contributed by atoms with van der Waals surface area (Å²) < 4.78 is 5.10. The molecule has 0 saturated carbocycles. The third-order valence-corrected chi connectivity index (χ3v) is 1.50. The highest BCUT2D eigenvalue weighted by Gasteiger charge is 2.22. The Hall–Kier alpha value is -0.610. The van der Waals surface area contributed by atoms with E-state index in [4.69, 9.17) is 10.5 Å². The summed E-state index contributed by atoms with van der Waals surface area (Å²) in [5.74, 6) is -0.0833. The summed E-state index contributed by atoms with van der Waals surface area (Å²) in [5, 5.41) is 2.50. The van der Waals surface area contributed by atoms with E-state index in [0.29, 0.717) is 6.61 Å². The minimum atomic E-state index is -0.247. The van der Waals surface area contributed by atoms with Gasteiger partial charge in [0.1, 0.15) is 6.10 Å². The van der Waals surface area contributed by atoms with E-state index in [2.05, 4.69) is 5.32 Å². The van der Waals surface area contributed by atoms with Crippen molar-refractivity contribution in [2.24, 2.45) is 5.73 Å². The van der Waals surface area contributed by atoms with Crippen LogP contribution in [0.15, 0.2) is 0 Å². The Labute approximate surface area is 59.7 Å². The highest BCUT2D eigenvalue weighted by atomic mass is 16.5. The van der Waals surface area contributed by atoms with Crippen LogP contribution in [0, 0.1) is 0 Å². The third-order valence-electron chi connectivity index (χ3n) is 1.50. The van der Waals surface area contributed by atoms with Crippen molar-refractivity contribution in [1.82, 2.24) is 5.32 Å². The molecular formula is C6H12N2O2. The van der Waals surface area contributed by atoms with Crippen molar-refractivity contribution in [3.63, 3.8) is 0 Å². The second kappa shape index (κ2) is 3.53. The number of nitrogens with two attached hydrogens (primary N) is 1. The standard InChI is InChI=1S/C6H12N2O2/c7-4-8-6(9)5-2-1-3-10-5/h5H,1-4,7H2,(H,8,9). The smallest absolute Gasteiger partial charge is 0.250 e. The van der Waals surface area contributed by atoms with E-state index in [1.54, 1.807) is 0 Å². The Bertz CT molecular complexity index is 121. The lowest BCUT2D eigenvalue weighted by molar-refractivity contribution is -0.129. The molecule has 0 bridgehead atoms. The van der Waals surface area contributed by atoms with Crippen LogP contribution in [-0.4, -0.2) is 25.3 Å². The first-order chi connectivity index (χ1) is 4.84. The largest absolute Gasteiger partial charge is 0.368 e. The number of hydrogen-bond donors (Lipinski definition) is 2. The second-order valence-electron chi connectivity index (χ2n) is 2.25. The summed E-state index contributed by atoms with van der Waals surface area (Å²) in [7, 11) is 0. The number of ether oxygens (including phenoxy) is 1. The molecule has 10 heavy (non-hydrogen) atoms. The van der Waals surface area contributed by atoms with Gasteiger partial charge in [0, 0.05) is 6.61 Å². The van der Waals surface area contributed by atoms with Crippen LogP contribution >= 0.6 is 0 Å². The van der Waals surface area contributed by atoms with E-state index in [1.807, 2.05) is 0 Å². The number of carbonyl (C=O) groups excluding carboxylic acids is 1. The summed E-state index contributed by atoms with van der Waals surface area (Å²) >= 11 is 0. The molecule has 1 heterocycles. The zero-order valence-electron chi connectivity index (χ0n) is 5.80. The monoisotopic (exact) mass is 144 g/mol. The van der Waals surface area contributed by atoms with Gasteiger partial charge in [0.2, 0.25) is 5.91 Å². The molecule has 1 atom stereocenters. The van der Waals surface area contributed by atoms with Crippen molar-refractivity contribution >= 4 is 5.91 Å². The summed E-state index contributed by atoms with van der Waals surface area (Å²) in [6.45, 7) is 0.890. The molecule has 1 fully saturated rings. The summed E-state index contributed by atoms with van der Waals surface area (Å²) in [6, 6.07) is 0. The van der Waals surface area contributed by atoms with Gasteiger partial charge in [-0.2, -0.15) is 0 Å². The lowest BCUT2D eigenvalue weighted by Gasteiger charge is -2.07. The minimum absolute atomic E-state index is 0.0833. The van der Waals surface area contributed by atoms with Crippen molar-refractivity contribution in [3.8, 4) is 0 Å². The lowest BCUT2D eigenvalue weighted by atomic mass is 10.2. The van der Waals surface area contributed by atoms with E-state index >= 15 is 0 Å². The van der Waals surface area contributed by atoms with Crippen LogP contribution in [0.1, 0.15) is 12.8 Å². The van der Waals surface area contributed by atoms with Crippen molar-refractivity contribution in [1.29, 1.82) is 0 Å². The summed E-state index contributed by atoms with van der Waals surface area (Å²) in [6.07, 6.45) is 1.55. The number of amides is 1. The molecule has 1 amide bonds. The van der Waals surface area contributed by atoms with E-state index in [9.17, 15) is 4.79 Å². The molecule has 0 radical (unpaired) electrons. The van der Waals surface area contributed by atoms with Gasteiger partial charge in [-0.15, -0.1) is 0 Å². The fraction of sp³-hybridized carbons (Fsp3) is 0.833. The van der Waals surface area contributed by atoms with Gasteiger partial charge in [0.15, 0.2) is 0 Å². The van der Waals surface area contributed by atoms with Gasteiger partial charge < -0.3 is 15.8 Å². The Balaban J connectivity index is 2.25. The van der Waals surface area contributed by atoms with Crippen LogP contribution in [0.3, 0.4) is 0 Å². The predicted octanol–water partition coefficient (Wildman–Crippen LogP) is -0.802. The Morgan fingerprint density at radius 3 is 3.10 bits per heavy atom. The number of carbonyl (C=O) groups is 1. The molecule has 0 aliphatic carbocycles. The Morgan fingerprint density at radius 1 is 1.80 bits per heavy atom. The lowest BCUT2D eigenvalue weighted by Crippen LogP contribution is -2.37. The van der Waals surface area contributed by atoms with Gasteiger partial charge in [0.25, 0.3) is 0 Å². The van der Waals surface area contributed by atoms with Gasteiger partial charge in [-0.25, -0.2) is 0 Å². The van der Waals surface area contributed by atoms with Crippen LogP contribution in [0.2, 0.25) is 0 Å². The maximum atomic E-state index is 10.9. The first-order valence-corrected chi connectivity index (χ1v) is 3.44. The van der Waals surface area contributed by atoms with E-state index in [-0.39, 0.29) is 18.7 Å². The summed E-state index contributed by atoms with van der Waals surface area (Å²) in [4.78, 5) is 10.9. The van der Waals surface area contributed by atoms with E-state index < -0.39 is 0 Å².